The van der Waals surface area contributed by atoms with E-state index in [2.05, 4.69) is 9.57 Å². The van der Waals surface area contributed by atoms with Gasteiger partial charge >= 0.3 is 6.36 Å². The Bertz CT molecular complexity index is 486. The lowest BCUT2D eigenvalue weighted by atomic mass is 10.3. The lowest BCUT2D eigenvalue weighted by Crippen LogP contribution is -2.22. The number of ether oxygens (including phenoxy) is 1. The van der Waals surface area contributed by atoms with E-state index in [0.717, 1.165) is 31.4 Å². The van der Waals surface area contributed by atoms with Crippen LogP contribution in [0.15, 0.2) is 29.2 Å². The first kappa shape index (κ1) is 13.7. The van der Waals surface area contributed by atoms with Crippen molar-refractivity contribution in [2.24, 2.45) is 0 Å². The summed E-state index contributed by atoms with van der Waals surface area (Å²) in [7, 11) is -2.94. The fraction of sp³-hybridized carbons (Fsp3) is 0.250. The SMILES string of the molecule is CONS(=O)(=O)c1cccc(OC(F)(F)F)c1. The minimum Gasteiger partial charge on any atom is -0.406 e. The van der Waals surface area contributed by atoms with Gasteiger partial charge in [0.15, 0.2) is 0 Å². The van der Waals surface area contributed by atoms with Gasteiger partial charge in [-0.2, -0.15) is 0 Å². The van der Waals surface area contributed by atoms with Crippen LogP contribution >= 0.6 is 0 Å². The average Bonchev–Trinajstić information content (AvgIpc) is 2.15. The second-order valence-corrected chi connectivity index (χ2v) is 4.46. The van der Waals surface area contributed by atoms with Crippen LogP contribution in [0.3, 0.4) is 0 Å². The molecule has 1 rings (SSSR count). The first-order valence-corrected chi connectivity index (χ1v) is 5.63. The van der Waals surface area contributed by atoms with Crippen molar-refractivity contribution in [2.75, 3.05) is 7.11 Å². The highest BCUT2D eigenvalue weighted by molar-refractivity contribution is 7.89. The molecule has 9 heteroatoms. The summed E-state index contributed by atoms with van der Waals surface area (Å²) in [5.41, 5.74) is 0. The molecule has 0 aliphatic carbocycles. The van der Waals surface area contributed by atoms with Gasteiger partial charge in [-0.1, -0.05) is 11.0 Å². The van der Waals surface area contributed by atoms with Gasteiger partial charge in [0.05, 0.1) is 12.0 Å². The van der Waals surface area contributed by atoms with Crippen molar-refractivity contribution < 1.29 is 31.2 Å². The molecule has 0 bridgehead atoms. The summed E-state index contributed by atoms with van der Waals surface area (Å²) >= 11 is 0. The Morgan fingerprint density at radius 3 is 2.47 bits per heavy atom. The Morgan fingerprint density at radius 1 is 1.29 bits per heavy atom. The van der Waals surface area contributed by atoms with E-state index < -0.39 is 27.0 Å². The van der Waals surface area contributed by atoms with Crippen LogP contribution in [0.4, 0.5) is 13.2 Å². The topological polar surface area (TPSA) is 64.6 Å². The average molecular weight is 271 g/mol. The summed E-state index contributed by atoms with van der Waals surface area (Å²) in [6.45, 7) is 0. The fourth-order valence-electron chi connectivity index (χ4n) is 0.996. The maximum atomic E-state index is 11.9. The quantitative estimate of drug-likeness (QED) is 0.841. The van der Waals surface area contributed by atoms with E-state index in [1.165, 1.54) is 0 Å². The molecular formula is C8H8F3NO4S. The van der Waals surface area contributed by atoms with Crippen molar-refractivity contribution in [1.82, 2.24) is 4.89 Å². The molecule has 1 aromatic rings. The summed E-state index contributed by atoms with van der Waals surface area (Å²) in [4.78, 5) is 5.46. The van der Waals surface area contributed by atoms with Gasteiger partial charge in [-0.3, -0.25) is 4.84 Å². The summed E-state index contributed by atoms with van der Waals surface area (Å²) in [6, 6.07) is 3.93. The van der Waals surface area contributed by atoms with Crippen LogP contribution in [-0.2, 0) is 14.9 Å². The molecule has 0 saturated heterocycles. The van der Waals surface area contributed by atoms with Crippen LogP contribution in [0.1, 0.15) is 0 Å². The zero-order chi connectivity index (χ0) is 13.1. The van der Waals surface area contributed by atoms with Gasteiger partial charge in [-0.15, -0.1) is 13.2 Å². The van der Waals surface area contributed by atoms with E-state index in [-0.39, 0.29) is 0 Å². The molecule has 0 unspecified atom stereocenters. The number of rotatable bonds is 4. The first-order valence-electron chi connectivity index (χ1n) is 4.15. The number of sulfonamides is 1. The summed E-state index contributed by atoms with van der Waals surface area (Å²) in [5, 5.41) is 0. The molecule has 0 fully saturated rings. The van der Waals surface area contributed by atoms with E-state index in [0.29, 0.717) is 0 Å². The van der Waals surface area contributed by atoms with Gasteiger partial charge in [-0.05, 0) is 12.1 Å². The highest BCUT2D eigenvalue weighted by Crippen LogP contribution is 2.24. The summed E-state index contributed by atoms with van der Waals surface area (Å²) in [6.07, 6.45) is -4.88. The van der Waals surface area contributed by atoms with Gasteiger partial charge in [0.2, 0.25) is 0 Å². The third-order valence-corrected chi connectivity index (χ3v) is 2.80. The molecule has 17 heavy (non-hydrogen) atoms. The summed E-state index contributed by atoms with van der Waals surface area (Å²) in [5.74, 6) is -0.628. The molecular weight excluding hydrogens is 263 g/mol. The van der Waals surface area contributed by atoms with Crippen molar-refractivity contribution in [2.45, 2.75) is 11.3 Å². The van der Waals surface area contributed by atoms with E-state index in [1.807, 2.05) is 0 Å². The normalized spacial score (nSPS) is 12.5. The number of halogens is 3. The Kier molecular flexibility index (Phi) is 3.96. The molecule has 1 aromatic carbocycles. The maximum absolute atomic E-state index is 11.9. The van der Waals surface area contributed by atoms with Crippen molar-refractivity contribution in [1.29, 1.82) is 0 Å². The van der Waals surface area contributed by atoms with E-state index in [9.17, 15) is 21.6 Å². The van der Waals surface area contributed by atoms with Crippen molar-refractivity contribution in [3.05, 3.63) is 24.3 Å². The number of nitrogens with one attached hydrogen (secondary N) is 1. The number of alkyl halides is 3. The Hall–Kier alpha value is -1.32. The number of hydrogen-bond acceptors (Lipinski definition) is 4. The maximum Gasteiger partial charge on any atom is 0.573 e. The first-order chi connectivity index (χ1) is 7.74. The highest BCUT2D eigenvalue weighted by atomic mass is 32.2. The van der Waals surface area contributed by atoms with Crippen LogP contribution in [0.2, 0.25) is 0 Å². The Labute approximate surface area is 95.1 Å². The zero-order valence-corrected chi connectivity index (χ0v) is 9.30. The molecule has 0 heterocycles. The van der Waals surface area contributed by atoms with Crippen molar-refractivity contribution in [3.63, 3.8) is 0 Å². The molecule has 0 aliphatic rings. The Morgan fingerprint density at radius 2 is 1.94 bits per heavy atom. The molecule has 0 spiro atoms. The summed E-state index contributed by atoms with van der Waals surface area (Å²) < 4.78 is 62.1. The van der Waals surface area contributed by atoms with Crippen LogP contribution < -0.4 is 9.62 Å². The Balaban J connectivity index is 3.02. The number of hydrogen-bond donors (Lipinski definition) is 1. The zero-order valence-electron chi connectivity index (χ0n) is 8.48. The predicted octanol–water partition coefficient (Wildman–Crippen LogP) is 1.42. The van der Waals surface area contributed by atoms with Crippen molar-refractivity contribution in [3.8, 4) is 5.75 Å². The van der Waals surface area contributed by atoms with Crippen LogP contribution in [0.25, 0.3) is 0 Å². The molecule has 0 atom stereocenters. The van der Waals surface area contributed by atoms with Gasteiger partial charge < -0.3 is 4.74 Å². The molecule has 96 valence electrons. The van der Waals surface area contributed by atoms with Crippen LogP contribution in [0.5, 0.6) is 5.75 Å². The monoisotopic (exact) mass is 271 g/mol. The van der Waals surface area contributed by atoms with Gasteiger partial charge in [-0.25, -0.2) is 8.42 Å². The van der Waals surface area contributed by atoms with Gasteiger partial charge in [0, 0.05) is 6.07 Å². The van der Waals surface area contributed by atoms with E-state index in [1.54, 1.807) is 4.89 Å². The lowest BCUT2D eigenvalue weighted by Gasteiger charge is -2.10. The van der Waals surface area contributed by atoms with E-state index >= 15 is 0 Å². The van der Waals surface area contributed by atoms with Gasteiger partial charge in [0.25, 0.3) is 10.0 Å². The largest absolute Gasteiger partial charge is 0.573 e. The van der Waals surface area contributed by atoms with Crippen LogP contribution in [0, 0.1) is 0 Å². The minimum atomic E-state index is -4.88. The smallest absolute Gasteiger partial charge is 0.406 e. The van der Waals surface area contributed by atoms with Crippen LogP contribution in [-0.4, -0.2) is 21.9 Å². The highest BCUT2D eigenvalue weighted by Gasteiger charge is 2.31. The second-order valence-electron chi connectivity index (χ2n) is 2.81. The fourth-order valence-corrected chi connectivity index (χ4v) is 1.84. The molecule has 0 radical (unpaired) electrons. The standard InChI is InChI=1S/C8H8F3NO4S/c1-15-12-17(13,14)7-4-2-3-6(5-7)16-8(9,10)11/h2-5,12H,1H3. The lowest BCUT2D eigenvalue weighted by molar-refractivity contribution is -0.274. The minimum absolute atomic E-state index is 0.402. The predicted molar refractivity (Wildman–Crippen MR) is 50.5 cm³/mol. The number of benzene rings is 1. The molecule has 0 aliphatic heterocycles. The third kappa shape index (κ3) is 4.21. The molecule has 0 saturated carbocycles. The van der Waals surface area contributed by atoms with Crippen molar-refractivity contribution >= 4 is 10.0 Å². The second kappa shape index (κ2) is 4.90. The molecule has 1 N–H and O–H groups in total. The molecule has 0 amide bonds. The molecule has 0 aromatic heterocycles. The van der Waals surface area contributed by atoms with E-state index in [4.69, 9.17) is 0 Å². The van der Waals surface area contributed by atoms with Gasteiger partial charge in [0.1, 0.15) is 5.75 Å². The molecule has 5 nitrogen and oxygen atoms in total. The third-order valence-electron chi connectivity index (χ3n) is 1.54.